The highest BCUT2D eigenvalue weighted by molar-refractivity contribution is 5.88. The molecule has 2 heterocycles. The second-order valence-electron chi connectivity index (χ2n) is 9.94. The van der Waals surface area contributed by atoms with Crippen LogP contribution in [-0.2, 0) is 26.2 Å². The predicted molar refractivity (Wildman–Crippen MR) is 120 cm³/mol. The maximum Gasteiger partial charge on any atom is 0.336 e. The molecule has 192 valence electrons. The Labute approximate surface area is 201 Å². The van der Waals surface area contributed by atoms with E-state index in [0.717, 1.165) is 43.7 Å². The van der Waals surface area contributed by atoms with Gasteiger partial charge in [0, 0.05) is 17.0 Å². The van der Waals surface area contributed by atoms with Gasteiger partial charge in [0.05, 0.1) is 26.1 Å². The number of carbonyl (C=O) groups is 3. The molecule has 2 aliphatic heterocycles. The number of likely N-dealkylation sites (tertiary alicyclic amines) is 1. The van der Waals surface area contributed by atoms with Gasteiger partial charge >= 0.3 is 17.9 Å². The van der Waals surface area contributed by atoms with Crippen LogP contribution in [0.5, 0.6) is 11.5 Å². The van der Waals surface area contributed by atoms with Crippen molar-refractivity contribution in [1.82, 2.24) is 4.90 Å². The van der Waals surface area contributed by atoms with Crippen LogP contribution < -0.4 is 9.47 Å². The standard InChI is InChI=1S/C18H23NO3.C6H8O7/c1-19-8-7-18-11-4-5-13(20)17(18)22-16-14(21-2)6-3-10(15(16)18)9-12(11)19;7-3(8)1-6(13,5(11)12)2-4(9)10/h3,6,11-13,17,20H,4-5,7-9H2,1-2H3;13H,1-2H2,(H,7,8)(H,9,10)(H,11,12)/t11-,12+,13-,17-,18-;/m0./s1. The van der Waals surface area contributed by atoms with Gasteiger partial charge in [-0.3, -0.25) is 9.59 Å². The number of piperidine rings is 1. The van der Waals surface area contributed by atoms with Crippen LogP contribution in [-0.4, -0.2) is 92.9 Å². The number of carboxylic acids is 3. The summed E-state index contributed by atoms with van der Waals surface area (Å²) in [5.41, 5.74) is 0.0365. The second-order valence-corrected chi connectivity index (χ2v) is 9.94. The number of likely N-dealkylation sites (N-methyl/N-ethyl adjacent to an activating group) is 1. The summed E-state index contributed by atoms with van der Waals surface area (Å²) in [5.74, 6) is -2.68. The normalized spacial score (nSPS) is 30.3. The minimum absolute atomic E-state index is 0.00625. The lowest BCUT2D eigenvalue weighted by molar-refractivity contribution is -0.170. The highest BCUT2D eigenvalue weighted by atomic mass is 16.5. The summed E-state index contributed by atoms with van der Waals surface area (Å²) in [7, 11) is 3.96. The molecule has 35 heavy (non-hydrogen) atoms. The van der Waals surface area contributed by atoms with Gasteiger partial charge in [-0.15, -0.1) is 0 Å². The van der Waals surface area contributed by atoms with E-state index in [1.165, 1.54) is 11.1 Å². The van der Waals surface area contributed by atoms with Crippen molar-refractivity contribution in [3.05, 3.63) is 23.3 Å². The lowest BCUT2D eigenvalue weighted by atomic mass is 9.51. The van der Waals surface area contributed by atoms with E-state index in [2.05, 4.69) is 18.0 Å². The number of aliphatic hydroxyl groups excluding tert-OH is 1. The minimum atomic E-state index is -2.74. The zero-order valence-corrected chi connectivity index (χ0v) is 19.6. The number of hydrogen-bond donors (Lipinski definition) is 5. The number of aliphatic hydroxyl groups is 2. The summed E-state index contributed by atoms with van der Waals surface area (Å²) in [6.07, 6.45) is 1.40. The Hall–Kier alpha value is -2.89. The molecule has 0 aromatic heterocycles. The van der Waals surface area contributed by atoms with Crippen molar-refractivity contribution in [1.29, 1.82) is 0 Å². The molecule has 4 aliphatic rings. The van der Waals surface area contributed by atoms with Crippen molar-refractivity contribution < 1.29 is 49.4 Å². The highest BCUT2D eigenvalue weighted by Crippen LogP contribution is 2.63. The monoisotopic (exact) mass is 493 g/mol. The third kappa shape index (κ3) is 4.01. The Morgan fingerprint density at radius 3 is 2.40 bits per heavy atom. The van der Waals surface area contributed by atoms with Crippen LogP contribution in [0.2, 0.25) is 0 Å². The Balaban J connectivity index is 0.000000193. The van der Waals surface area contributed by atoms with Gasteiger partial charge in [-0.1, -0.05) is 6.07 Å². The SMILES string of the molecule is COc1ccc2c3c1O[C@H]1[C@@H](O)CC[C@H]4[C@@H](C2)N(C)CC[C@@]341.O=C(O)CC(O)(CC(=O)O)C(=O)O. The largest absolute Gasteiger partial charge is 0.493 e. The summed E-state index contributed by atoms with van der Waals surface area (Å²) in [4.78, 5) is 33.0. The molecule has 1 aromatic carbocycles. The molecule has 2 aliphatic carbocycles. The first-order valence-corrected chi connectivity index (χ1v) is 11.6. The van der Waals surface area contributed by atoms with Gasteiger partial charge in [-0.25, -0.2) is 4.79 Å². The van der Waals surface area contributed by atoms with Crippen LogP contribution in [0, 0.1) is 5.92 Å². The molecule has 0 radical (unpaired) electrons. The lowest BCUT2D eigenvalue weighted by Crippen LogP contribution is -2.66. The topological polar surface area (TPSA) is 174 Å². The van der Waals surface area contributed by atoms with Crippen LogP contribution >= 0.6 is 0 Å². The number of methoxy groups -OCH3 is 1. The number of carboxylic acid groups (broad SMARTS) is 3. The third-order valence-electron chi connectivity index (χ3n) is 8.05. The van der Waals surface area contributed by atoms with E-state index in [1.54, 1.807) is 7.11 Å². The fourth-order valence-electron chi connectivity index (χ4n) is 6.57. The molecule has 0 unspecified atom stereocenters. The molecule has 2 fully saturated rings. The van der Waals surface area contributed by atoms with Crippen molar-refractivity contribution in [2.75, 3.05) is 20.7 Å². The van der Waals surface area contributed by atoms with E-state index in [-0.39, 0.29) is 17.6 Å². The molecule has 2 bridgehead atoms. The number of aliphatic carboxylic acids is 3. The average Bonchev–Trinajstić information content (AvgIpc) is 3.12. The fourth-order valence-corrected chi connectivity index (χ4v) is 6.57. The van der Waals surface area contributed by atoms with Crippen molar-refractivity contribution in [2.24, 2.45) is 5.92 Å². The molecule has 1 saturated carbocycles. The maximum absolute atomic E-state index is 10.6. The average molecular weight is 494 g/mol. The molecular formula is C24H31NO10. The molecule has 0 amide bonds. The fraction of sp³-hybridized carbons (Fsp3) is 0.625. The summed E-state index contributed by atoms with van der Waals surface area (Å²) in [6, 6.07) is 4.83. The Morgan fingerprint density at radius 1 is 1.17 bits per heavy atom. The first kappa shape index (κ1) is 25.2. The minimum Gasteiger partial charge on any atom is -0.493 e. The van der Waals surface area contributed by atoms with E-state index in [0.29, 0.717) is 12.0 Å². The Bertz CT molecular complexity index is 1030. The van der Waals surface area contributed by atoms with Crippen molar-refractivity contribution in [3.8, 4) is 11.5 Å². The van der Waals surface area contributed by atoms with Crippen molar-refractivity contribution >= 4 is 17.9 Å². The van der Waals surface area contributed by atoms with Gasteiger partial charge < -0.3 is 39.9 Å². The van der Waals surface area contributed by atoms with Crippen molar-refractivity contribution in [3.63, 3.8) is 0 Å². The summed E-state index contributed by atoms with van der Waals surface area (Å²) in [5, 5.41) is 44.5. The molecule has 5 rings (SSSR count). The first-order valence-electron chi connectivity index (χ1n) is 11.6. The number of nitrogens with zero attached hydrogens (tertiary/aromatic N) is 1. The summed E-state index contributed by atoms with van der Waals surface area (Å²) >= 11 is 0. The quantitative estimate of drug-likeness (QED) is 0.373. The van der Waals surface area contributed by atoms with Crippen molar-refractivity contribution in [2.45, 2.75) is 67.8 Å². The van der Waals surface area contributed by atoms with Crippen LogP contribution in [0.4, 0.5) is 0 Å². The molecule has 1 aromatic rings. The van der Waals surface area contributed by atoms with Gasteiger partial charge in [-0.2, -0.15) is 0 Å². The Kier molecular flexibility index (Phi) is 6.45. The molecule has 5 atom stereocenters. The summed E-state index contributed by atoms with van der Waals surface area (Å²) in [6.45, 7) is 1.09. The number of hydrogen-bond acceptors (Lipinski definition) is 8. The van der Waals surface area contributed by atoms with Gasteiger partial charge in [0.15, 0.2) is 17.1 Å². The van der Waals surface area contributed by atoms with E-state index < -0.39 is 36.4 Å². The van der Waals surface area contributed by atoms with Crippen LogP contribution in [0.25, 0.3) is 0 Å². The van der Waals surface area contributed by atoms with Crippen LogP contribution in [0.3, 0.4) is 0 Å². The lowest BCUT2D eigenvalue weighted by Gasteiger charge is -2.58. The van der Waals surface area contributed by atoms with Gasteiger partial charge in [0.1, 0.15) is 6.10 Å². The van der Waals surface area contributed by atoms with E-state index in [9.17, 15) is 19.5 Å². The van der Waals surface area contributed by atoms with Gasteiger partial charge in [0.2, 0.25) is 0 Å². The molecule has 1 saturated heterocycles. The van der Waals surface area contributed by atoms with Gasteiger partial charge in [-0.05, 0) is 56.8 Å². The number of rotatable bonds is 6. The smallest absolute Gasteiger partial charge is 0.336 e. The first-order chi connectivity index (χ1) is 16.4. The highest BCUT2D eigenvalue weighted by Gasteiger charge is 2.65. The van der Waals surface area contributed by atoms with Crippen LogP contribution in [0.15, 0.2) is 12.1 Å². The van der Waals surface area contributed by atoms with E-state index >= 15 is 0 Å². The van der Waals surface area contributed by atoms with Crippen LogP contribution in [0.1, 0.15) is 43.2 Å². The molecule has 5 N–H and O–H groups in total. The summed E-state index contributed by atoms with van der Waals surface area (Å²) < 4.78 is 11.9. The third-order valence-corrected chi connectivity index (χ3v) is 8.05. The molecule has 1 spiro atoms. The second kappa shape index (κ2) is 8.96. The zero-order chi connectivity index (χ0) is 25.7. The van der Waals surface area contributed by atoms with Gasteiger partial charge in [0.25, 0.3) is 0 Å². The predicted octanol–water partition coefficient (Wildman–Crippen LogP) is 0.477. The molecular weight excluding hydrogens is 462 g/mol. The number of ether oxygens (including phenoxy) is 2. The molecule has 11 nitrogen and oxygen atoms in total. The molecule has 11 heteroatoms. The number of benzene rings is 1. The maximum atomic E-state index is 10.6. The Morgan fingerprint density at radius 2 is 1.83 bits per heavy atom. The zero-order valence-electron chi connectivity index (χ0n) is 19.6. The van der Waals surface area contributed by atoms with E-state index in [1.807, 2.05) is 6.07 Å². The van der Waals surface area contributed by atoms with E-state index in [4.69, 9.17) is 29.9 Å².